The summed E-state index contributed by atoms with van der Waals surface area (Å²) < 4.78 is 6.15. The molecule has 4 fully saturated rings. The van der Waals surface area contributed by atoms with Crippen molar-refractivity contribution in [3.8, 4) is 0 Å². The number of fused-ring (bicyclic) bond motifs is 5. The molecule has 1 N–H and O–H groups in total. The van der Waals surface area contributed by atoms with Crippen LogP contribution >= 0.6 is 0 Å². The second-order valence-electron chi connectivity index (χ2n) is 9.95. The Hall–Kier alpha value is -0.410. The molecule has 7 unspecified atom stereocenters. The fraction of sp³-hybridized carbons (Fsp3) is 0.955. The summed E-state index contributed by atoms with van der Waals surface area (Å²) in [6.07, 6.45) is 11.5. The average molecular weight is 348 g/mol. The summed E-state index contributed by atoms with van der Waals surface area (Å²) in [6.45, 7) is 6.69. The van der Waals surface area contributed by atoms with E-state index in [0.29, 0.717) is 23.2 Å². The molecule has 0 aromatic rings. The van der Waals surface area contributed by atoms with Gasteiger partial charge in [-0.2, -0.15) is 0 Å². The molecule has 0 aliphatic heterocycles. The number of nitrogens with one attached hydrogen (secondary N) is 1. The van der Waals surface area contributed by atoms with Gasteiger partial charge >= 0.3 is 0 Å². The number of hydrogen-bond donors (Lipinski definition) is 1. The molecule has 0 bridgehead atoms. The van der Waals surface area contributed by atoms with Crippen molar-refractivity contribution in [2.75, 3.05) is 20.2 Å². The maximum Gasteiger partial charge on any atom is 0.139 e. The van der Waals surface area contributed by atoms with E-state index in [4.69, 9.17) is 4.74 Å². The molecule has 0 heterocycles. The molecule has 0 aromatic heterocycles. The van der Waals surface area contributed by atoms with Gasteiger partial charge in [-0.25, -0.2) is 0 Å². The summed E-state index contributed by atoms with van der Waals surface area (Å²) >= 11 is 0. The van der Waals surface area contributed by atoms with E-state index in [-0.39, 0.29) is 5.41 Å². The van der Waals surface area contributed by atoms with Crippen LogP contribution in [0.4, 0.5) is 0 Å². The fourth-order valence-electron chi connectivity index (χ4n) is 7.47. The molecule has 0 aromatic carbocycles. The van der Waals surface area contributed by atoms with Gasteiger partial charge in [0.05, 0.1) is 12.7 Å². The molecule has 4 rings (SSSR count). The summed E-state index contributed by atoms with van der Waals surface area (Å²) in [7, 11) is 1.99. The summed E-state index contributed by atoms with van der Waals surface area (Å²) in [5.41, 5.74) is 0.524. The van der Waals surface area contributed by atoms with Crippen molar-refractivity contribution in [3.63, 3.8) is 0 Å². The highest BCUT2D eigenvalue weighted by Gasteiger charge is 2.60. The Morgan fingerprint density at radius 3 is 2.72 bits per heavy atom. The van der Waals surface area contributed by atoms with E-state index in [9.17, 15) is 4.79 Å². The van der Waals surface area contributed by atoms with E-state index < -0.39 is 0 Å². The lowest BCUT2D eigenvalue weighted by Gasteiger charge is -2.60. The molecule has 4 saturated carbocycles. The van der Waals surface area contributed by atoms with Crippen LogP contribution in [0, 0.1) is 34.5 Å². The molecule has 7 atom stereocenters. The number of likely N-dealkylation sites (N-methyl/N-ethyl adjacent to an activating group) is 1. The van der Waals surface area contributed by atoms with Gasteiger partial charge in [0, 0.05) is 18.4 Å². The van der Waals surface area contributed by atoms with Gasteiger partial charge in [-0.3, -0.25) is 4.79 Å². The molecular formula is C22H37NO2. The number of rotatable bonds is 4. The standard InChI is InChI=1S/C22H37NO2/c1-21-10-8-16(25-13-12-23-3)14-15(21)4-5-17-18-6-7-20(24)22(18,2)11-9-19(17)21/h15-19,23H,4-14H2,1-3H3. The predicted molar refractivity (Wildman–Crippen MR) is 100 cm³/mol. The smallest absolute Gasteiger partial charge is 0.139 e. The fourth-order valence-corrected chi connectivity index (χ4v) is 7.47. The Labute approximate surface area is 153 Å². The highest BCUT2D eigenvalue weighted by molar-refractivity contribution is 5.87. The normalized spacial score (nSPS) is 49.4. The predicted octanol–water partition coefficient (Wildman–Crippen LogP) is 4.20. The summed E-state index contributed by atoms with van der Waals surface area (Å²) in [5.74, 6) is 3.76. The number of ketones is 1. The first-order chi connectivity index (χ1) is 12.0. The van der Waals surface area contributed by atoms with Gasteiger partial charge in [0.25, 0.3) is 0 Å². The molecular weight excluding hydrogens is 310 g/mol. The zero-order chi connectivity index (χ0) is 17.7. The molecule has 142 valence electrons. The van der Waals surface area contributed by atoms with Crippen molar-refractivity contribution in [1.82, 2.24) is 5.32 Å². The number of carbonyl (C=O) groups is 1. The molecule has 3 nitrogen and oxygen atoms in total. The topological polar surface area (TPSA) is 38.3 Å². The van der Waals surface area contributed by atoms with Gasteiger partial charge in [0.15, 0.2) is 0 Å². The molecule has 3 heteroatoms. The lowest BCUT2D eigenvalue weighted by atomic mass is 9.45. The zero-order valence-corrected chi connectivity index (χ0v) is 16.5. The first kappa shape index (κ1) is 18.0. The summed E-state index contributed by atoms with van der Waals surface area (Å²) in [4.78, 5) is 12.5. The van der Waals surface area contributed by atoms with Crippen molar-refractivity contribution >= 4 is 5.78 Å². The Kier molecular flexibility index (Phi) is 4.77. The van der Waals surface area contributed by atoms with Gasteiger partial charge < -0.3 is 10.1 Å². The van der Waals surface area contributed by atoms with Crippen molar-refractivity contribution < 1.29 is 9.53 Å². The number of carbonyl (C=O) groups excluding carboxylic acids is 1. The van der Waals surface area contributed by atoms with E-state index in [1.54, 1.807) is 0 Å². The molecule has 0 spiro atoms. The molecule has 25 heavy (non-hydrogen) atoms. The molecule has 0 saturated heterocycles. The molecule has 4 aliphatic carbocycles. The number of ether oxygens (including phenoxy) is 1. The van der Waals surface area contributed by atoms with Crippen molar-refractivity contribution in [3.05, 3.63) is 0 Å². The SMILES string of the molecule is CNCCOC1CCC2(C)C(CCC3C4CCC(=O)C4(C)CCC32)C1. The Balaban J connectivity index is 1.46. The Morgan fingerprint density at radius 2 is 1.92 bits per heavy atom. The number of hydrogen-bond acceptors (Lipinski definition) is 3. The van der Waals surface area contributed by atoms with Crippen LogP contribution < -0.4 is 5.32 Å². The van der Waals surface area contributed by atoms with E-state index >= 15 is 0 Å². The third-order valence-electron chi connectivity index (χ3n) is 9.03. The minimum atomic E-state index is 0.0256. The monoisotopic (exact) mass is 347 g/mol. The van der Waals surface area contributed by atoms with Gasteiger partial charge in [-0.1, -0.05) is 13.8 Å². The van der Waals surface area contributed by atoms with Crippen molar-refractivity contribution in [1.29, 1.82) is 0 Å². The highest BCUT2D eigenvalue weighted by Crippen LogP contribution is 2.65. The largest absolute Gasteiger partial charge is 0.377 e. The minimum absolute atomic E-state index is 0.0256. The van der Waals surface area contributed by atoms with Crippen LogP contribution in [0.2, 0.25) is 0 Å². The van der Waals surface area contributed by atoms with Crippen LogP contribution in [0.5, 0.6) is 0 Å². The second kappa shape index (κ2) is 6.64. The van der Waals surface area contributed by atoms with E-state index in [1.165, 1.54) is 44.9 Å². The maximum absolute atomic E-state index is 12.5. The van der Waals surface area contributed by atoms with Gasteiger partial charge in [0.2, 0.25) is 0 Å². The van der Waals surface area contributed by atoms with Crippen LogP contribution in [0.3, 0.4) is 0 Å². The molecule has 0 amide bonds. The van der Waals surface area contributed by atoms with E-state index in [0.717, 1.165) is 43.7 Å². The lowest BCUT2D eigenvalue weighted by Crippen LogP contribution is -2.54. The third-order valence-corrected chi connectivity index (χ3v) is 9.03. The van der Waals surface area contributed by atoms with Crippen LogP contribution in [0.1, 0.15) is 71.6 Å². The van der Waals surface area contributed by atoms with E-state index in [1.807, 2.05) is 7.05 Å². The zero-order valence-electron chi connectivity index (χ0n) is 16.5. The third kappa shape index (κ3) is 2.81. The number of Topliss-reactive ketones (excluding diaryl/α,β-unsaturated/α-hetero) is 1. The van der Waals surface area contributed by atoms with Crippen molar-refractivity contribution in [2.24, 2.45) is 34.5 Å². The minimum Gasteiger partial charge on any atom is -0.377 e. The summed E-state index contributed by atoms with van der Waals surface area (Å²) in [5, 5.41) is 3.18. The van der Waals surface area contributed by atoms with Crippen LogP contribution in [-0.4, -0.2) is 32.1 Å². The second-order valence-corrected chi connectivity index (χ2v) is 9.95. The average Bonchev–Trinajstić information content (AvgIpc) is 2.90. The molecule has 0 radical (unpaired) electrons. The maximum atomic E-state index is 12.5. The van der Waals surface area contributed by atoms with E-state index in [2.05, 4.69) is 19.2 Å². The van der Waals surface area contributed by atoms with Gasteiger partial charge in [-0.05, 0) is 87.5 Å². The molecule has 4 aliphatic rings. The van der Waals surface area contributed by atoms with Crippen molar-refractivity contribution in [2.45, 2.75) is 77.7 Å². The van der Waals surface area contributed by atoms with Gasteiger partial charge in [0.1, 0.15) is 5.78 Å². The van der Waals surface area contributed by atoms with Crippen LogP contribution in [0.15, 0.2) is 0 Å². The van der Waals surface area contributed by atoms with Gasteiger partial charge in [-0.15, -0.1) is 0 Å². The first-order valence-electron chi connectivity index (χ1n) is 10.8. The lowest BCUT2D eigenvalue weighted by molar-refractivity contribution is -0.145. The van der Waals surface area contributed by atoms with Crippen LogP contribution in [0.25, 0.3) is 0 Å². The highest BCUT2D eigenvalue weighted by atomic mass is 16.5. The Bertz CT molecular complexity index is 520. The summed E-state index contributed by atoms with van der Waals surface area (Å²) in [6, 6.07) is 0. The quantitative estimate of drug-likeness (QED) is 0.775. The van der Waals surface area contributed by atoms with Crippen LogP contribution in [-0.2, 0) is 9.53 Å². The first-order valence-corrected chi connectivity index (χ1v) is 10.8. The Morgan fingerprint density at radius 1 is 1.08 bits per heavy atom.